The van der Waals surface area contributed by atoms with Crippen LogP contribution in [0.15, 0.2) is 6.07 Å². The second kappa shape index (κ2) is 5.46. The Hall–Kier alpha value is -1.45. The van der Waals surface area contributed by atoms with Crippen LogP contribution < -0.4 is 0 Å². The molecule has 1 atom stereocenters. The van der Waals surface area contributed by atoms with Gasteiger partial charge in [-0.15, -0.1) is 0 Å². The molecule has 0 aliphatic heterocycles. The van der Waals surface area contributed by atoms with E-state index in [4.69, 9.17) is 5.11 Å². The third-order valence-corrected chi connectivity index (χ3v) is 3.67. The van der Waals surface area contributed by atoms with Crippen molar-refractivity contribution in [3.05, 3.63) is 23.3 Å². The van der Waals surface area contributed by atoms with Gasteiger partial charge in [-0.1, -0.05) is 19.3 Å². The molecule has 1 unspecified atom stereocenters. The van der Waals surface area contributed by atoms with Crippen LogP contribution in [0.3, 0.4) is 0 Å². The first kappa shape index (κ1) is 13.0. The number of aromatic nitrogens is 2. The van der Waals surface area contributed by atoms with Crippen LogP contribution >= 0.6 is 0 Å². The van der Waals surface area contributed by atoms with Crippen LogP contribution in [-0.2, 0) is 4.79 Å². The van der Waals surface area contributed by atoms with E-state index in [1.165, 1.54) is 19.3 Å². The fourth-order valence-corrected chi connectivity index (χ4v) is 2.53. The molecule has 1 aliphatic carbocycles. The largest absolute Gasteiger partial charge is 0.481 e. The molecule has 1 aliphatic rings. The molecule has 4 nitrogen and oxygen atoms in total. The van der Waals surface area contributed by atoms with Gasteiger partial charge in [0.1, 0.15) is 11.7 Å². The van der Waals surface area contributed by atoms with E-state index in [1.54, 1.807) is 6.92 Å². The first-order valence-electron chi connectivity index (χ1n) is 6.66. The van der Waals surface area contributed by atoms with Crippen LogP contribution in [-0.4, -0.2) is 21.0 Å². The van der Waals surface area contributed by atoms with Crippen molar-refractivity contribution < 1.29 is 9.90 Å². The van der Waals surface area contributed by atoms with E-state index in [-0.39, 0.29) is 0 Å². The molecule has 1 heterocycles. The van der Waals surface area contributed by atoms with Gasteiger partial charge in [-0.25, -0.2) is 9.97 Å². The highest BCUT2D eigenvalue weighted by Gasteiger charge is 2.22. The van der Waals surface area contributed by atoms with Crippen LogP contribution in [0.25, 0.3) is 0 Å². The molecule has 0 saturated heterocycles. The molecule has 4 heteroatoms. The van der Waals surface area contributed by atoms with Crippen molar-refractivity contribution in [3.8, 4) is 0 Å². The summed E-state index contributed by atoms with van der Waals surface area (Å²) in [6.07, 6.45) is 6.13. The van der Waals surface area contributed by atoms with Gasteiger partial charge in [0.25, 0.3) is 0 Å². The van der Waals surface area contributed by atoms with E-state index in [0.29, 0.717) is 11.7 Å². The molecule has 18 heavy (non-hydrogen) atoms. The van der Waals surface area contributed by atoms with Crippen molar-refractivity contribution >= 4 is 5.97 Å². The van der Waals surface area contributed by atoms with E-state index in [2.05, 4.69) is 9.97 Å². The van der Waals surface area contributed by atoms with Crippen LogP contribution in [0.2, 0.25) is 0 Å². The van der Waals surface area contributed by atoms with Crippen LogP contribution in [0.4, 0.5) is 0 Å². The number of aliphatic carboxylic acids is 1. The second-order valence-corrected chi connectivity index (χ2v) is 5.19. The van der Waals surface area contributed by atoms with E-state index < -0.39 is 11.9 Å². The fraction of sp³-hybridized carbons (Fsp3) is 0.643. The predicted octanol–water partition coefficient (Wildman–Crippen LogP) is 3.02. The molecule has 98 valence electrons. The minimum atomic E-state index is -0.866. The quantitative estimate of drug-likeness (QED) is 0.893. The molecular weight excluding hydrogens is 228 g/mol. The van der Waals surface area contributed by atoms with E-state index >= 15 is 0 Å². The topological polar surface area (TPSA) is 63.1 Å². The molecule has 1 N–H and O–H groups in total. The average Bonchev–Trinajstić information content (AvgIpc) is 2.38. The zero-order chi connectivity index (χ0) is 13.1. The van der Waals surface area contributed by atoms with Crippen molar-refractivity contribution in [1.82, 2.24) is 9.97 Å². The Balaban J connectivity index is 2.28. The highest BCUT2D eigenvalue weighted by atomic mass is 16.4. The molecule has 0 radical (unpaired) electrons. The number of hydrogen-bond acceptors (Lipinski definition) is 3. The third kappa shape index (κ3) is 2.86. The smallest absolute Gasteiger partial charge is 0.313 e. The maximum absolute atomic E-state index is 11.0. The minimum Gasteiger partial charge on any atom is -0.481 e. The van der Waals surface area contributed by atoms with Gasteiger partial charge in [-0.3, -0.25) is 4.79 Å². The summed E-state index contributed by atoms with van der Waals surface area (Å²) in [5.74, 6) is -0.564. The van der Waals surface area contributed by atoms with Gasteiger partial charge in [0, 0.05) is 17.3 Å². The summed E-state index contributed by atoms with van der Waals surface area (Å²) in [6, 6.07) is 2.01. The Labute approximate surface area is 107 Å². The van der Waals surface area contributed by atoms with Crippen LogP contribution in [0, 0.1) is 6.92 Å². The number of aryl methyl sites for hydroxylation is 1. The number of nitrogens with zero attached hydrogens (tertiary/aromatic N) is 2. The number of carboxylic acids is 1. The van der Waals surface area contributed by atoms with Crippen molar-refractivity contribution in [3.63, 3.8) is 0 Å². The number of carbonyl (C=O) groups is 1. The van der Waals surface area contributed by atoms with Crippen molar-refractivity contribution in [2.45, 2.75) is 57.8 Å². The summed E-state index contributed by atoms with van der Waals surface area (Å²) in [6.45, 7) is 3.55. The van der Waals surface area contributed by atoms with Crippen molar-refractivity contribution in [1.29, 1.82) is 0 Å². The summed E-state index contributed by atoms with van der Waals surface area (Å²) < 4.78 is 0. The zero-order valence-corrected chi connectivity index (χ0v) is 11.0. The molecule has 1 aromatic rings. The summed E-state index contributed by atoms with van der Waals surface area (Å²) in [5, 5.41) is 9.05. The monoisotopic (exact) mass is 248 g/mol. The predicted molar refractivity (Wildman–Crippen MR) is 68.6 cm³/mol. The van der Waals surface area contributed by atoms with Gasteiger partial charge in [0.15, 0.2) is 0 Å². The molecule has 0 bridgehead atoms. The molecule has 1 saturated carbocycles. The molecule has 0 spiro atoms. The highest BCUT2D eigenvalue weighted by molar-refractivity contribution is 5.74. The van der Waals surface area contributed by atoms with E-state index in [0.717, 1.165) is 24.2 Å². The fourth-order valence-electron chi connectivity index (χ4n) is 2.53. The lowest BCUT2D eigenvalue weighted by atomic mass is 9.86. The molecule has 0 aromatic carbocycles. The Morgan fingerprint density at radius 2 is 2.00 bits per heavy atom. The summed E-state index contributed by atoms with van der Waals surface area (Å²) in [4.78, 5) is 19.8. The highest BCUT2D eigenvalue weighted by Crippen LogP contribution is 2.32. The normalized spacial score (nSPS) is 18.6. The van der Waals surface area contributed by atoms with Gasteiger partial charge in [0.05, 0.1) is 0 Å². The molecular formula is C14H20N2O2. The maximum Gasteiger partial charge on any atom is 0.313 e. The molecule has 2 rings (SSSR count). The SMILES string of the molecule is Cc1cc(C2CCCCC2)nc(C(C)C(=O)O)n1. The van der Waals surface area contributed by atoms with Gasteiger partial charge in [0.2, 0.25) is 0 Å². The lowest BCUT2D eigenvalue weighted by molar-refractivity contribution is -0.138. The Bertz CT molecular complexity index is 439. The third-order valence-electron chi connectivity index (χ3n) is 3.67. The number of rotatable bonds is 3. The average molecular weight is 248 g/mol. The minimum absolute atomic E-state index is 0.447. The Morgan fingerprint density at radius 3 is 2.61 bits per heavy atom. The molecule has 1 aromatic heterocycles. The maximum atomic E-state index is 11.0. The van der Waals surface area contributed by atoms with Gasteiger partial charge in [-0.05, 0) is 32.8 Å². The van der Waals surface area contributed by atoms with Gasteiger partial charge in [-0.2, -0.15) is 0 Å². The van der Waals surface area contributed by atoms with Crippen molar-refractivity contribution in [2.75, 3.05) is 0 Å². The van der Waals surface area contributed by atoms with E-state index in [1.807, 2.05) is 13.0 Å². The summed E-state index contributed by atoms with van der Waals surface area (Å²) >= 11 is 0. The summed E-state index contributed by atoms with van der Waals surface area (Å²) in [5.41, 5.74) is 1.90. The summed E-state index contributed by atoms with van der Waals surface area (Å²) in [7, 11) is 0. The zero-order valence-electron chi connectivity index (χ0n) is 11.0. The van der Waals surface area contributed by atoms with E-state index in [9.17, 15) is 4.79 Å². The molecule has 1 fully saturated rings. The van der Waals surface area contributed by atoms with Crippen LogP contribution in [0.5, 0.6) is 0 Å². The molecule has 0 amide bonds. The second-order valence-electron chi connectivity index (χ2n) is 5.19. The van der Waals surface area contributed by atoms with Crippen LogP contribution in [0.1, 0.15) is 68.1 Å². The van der Waals surface area contributed by atoms with Gasteiger partial charge >= 0.3 is 5.97 Å². The van der Waals surface area contributed by atoms with Gasteiger partial charge < -0.3 is 5.11 Å². The number of hydrogen-bond donors (Lipinski definition) is 1. The first-order chi connectivity index (χ1) is 8.58. The Morgan fingerprint density at radius 1 is 1.33 bits per heavy atom. The lowest BCUT2D eigenvalue weighted by Gasteiger charge is -2.22. The standard InChI is InChI=1S/C14H20N2O2/c1-9-8-12(11-6-4-3-5-7-11)16-13(15-9)10(2)14(17)18/h8,10-11H,3-7H2,1-2H3,(H,17,18). The number of carboxylic acid groups (broad SMARTS) is 1. The van der Waals surface area contributed by atoms with Crippen molar-refractivity contribution in [2.24, 2.45) is 0 Å². The lowest BCUT2D eigenvalue weighted by Crippen LogP contribution is -2.15. The Kier molecular flexibility index (Phi) is 3.94. The first-order valence-corrected chi connectivity index (χ1v) is 6.66.